The van der Waals surface area contributed by atoms with Crippen molar-refractivity contribution < 1.29 is 4.39 Å². The molecule has 3 heteroatoms. The Morgan fingerprint density at radius 2 is 1.95 bits per heavy atom. The summed E-state index contributed by atoms with van der Waals surface area (Å²) in [6.45, 7) is 2.06. The Balaban J connectivity index is 2.29. The van der Waals surface area contributed by atoms with Crippen LogP contribution in [0.3, 0.4) is 0 Å². The van der Waals surface area contributed by atoms with Gasteiger partial charge in [0.15, 0.2) is 0 Å². The van der Waals surface area contributed by atoms with Gasteiger partial charge in [-0.15, -0.1) is 0 Å². The fraction of sp³-hybridized carbons (Fsp3) is 0.250. The molecule has 100 valence electrons. The van der Waals surface area contributed by atoms with Crippen molar-refractivity contribution >= 4 is 11.6 Å². The van der Waals surface area contributed by atoms with E-state index in [9.17, 15) is 4.39 Å². The Bertz CT molecular complexity index is 568. The molecule has 0 aliphatic heterocycles. The SMILES string of the molecule is CNC(Cc1cc(Cl)ccc1F)c1ccccc1C. The van der Waals surface area contributed by atoms with E-state index in [-0.39, 0.29) is 11.9 Å². The summed E-state index contributed by atoms with van der Waals surface area (Å²) in [4.78, 5) is 0. The third kappa shape index (κ3) is 3.34. The molecule has 2 aromatic rings. The first kappa shape index (κ1) is 14.0. The summed E-state index contributed by atoms with van der Waals surface area (Å²) in [6, 6.07) is 12.9. The molecule has 1 nitrogen and oxygen atoms in total. The standard InChI is InChI=1S/C16H17ClFN/c1-11-5-3-4-6-14(11)16(19-2)10-12-9-13(17)7-8-15(12)18/h3-9,16,19H,10H2,1-2H3. The molecule has 0 heterocycles. The predicted molar refractivity (Wildman–Crippen MR) is 78.1 cm³/mol. The van der Waals surface area contributed by atoms with E-state index in [2.05, 4.69) is 24.4 Å². The fourth-order valence-electron chi connectivity index (χ4n) is 2.26. The van der Waals surface area contributed by atoms with Crippen molar-refractivity contribution in [1.29, 1.82) is 0 Å². The zero-order chi connectivity index (χ0) is 13.8. The number of hydrogen-bond acceptors (Lipinski definition) is 1. The topological polar surface area (TPSA) is 12.0 Å². The van der Waals surface area contributed by atoms with Gasteiger partial charge in [-0.2, -0.15) is 0 Å². The fourth-order valence-corrected chi connectivity index (χ4v) is 2.46. The minimum absolute atomic E-state index is 0.0779. The van der Waals surface area contributed by atoms with Crippen LogP contribution in [0.2, 0.25) is 5.02 Å². The first-order valence-electron chi connectivity index (χ1n) is 6.28. The van der Waals surface area contributed by atoms with Gasteiger partial charge in [0.2, 0.25) is 0 Å². The highest BCUT2D eigenvalue weighted by atomic mass is 35.5. The van der Waals surface area contributed by atoms with Crippen molar-refractivity contribution in [3.05, 3.63) is 70.0 Å². The van der Waals surface area contributed by atoms with E-state index in [1.165, 1.54) is 17.2 Å². The zero-order valence-electron chi connectivity index (χ0n) is 11.1. The van der Waals surface area contributed by atoms with Crippen LogP contribution in [0.1, 0.15) is 22.7 Å². The predicted octanol–water partition coefficient (Wildman–Crippen LogP) is 4.29. The number of nitrogens with one attached hydrogen (secondary N) is 1. The highest BCUT2D eigenvalue weighted by molar-refractivity contribution is 6.30. The van der Waals surface area contributed by atoms with Crippen molar-refractivity contribution in [2.45, 2.75) is 19.4 Å². The maximum atomic E-state index is 13.8. The van der Waals surface area contributed by atoms with Gasteiger partial charge in [0.25, 0.3) is 0 Å². The molecule has 0 radical (unpaired) electrons. The molecule has 0 bridgehead atoms. The Kier molecular flexibility index (Phi) is 4.56. The van der Waals surface area contributed by atoms with Crippen LogP contribution in [-0.2, 0) is 6.42 Å². The van der Waals surface area contributed by atoms with Crippen molar-refractivity contribution in [2.75, 3.05) is 7.05 Å². The number of hydrogen-bond donors (Lipinski definition) is 1. The average Bonchev–Trinajstić information content (AvgIpc) is 2.41. The quantitative estimate of drug-likeness (QED) is 0.879. The van der Waals surface area contributed by atoms with Gasteiger partial charge in [-0.25, -0.2) is 4.39 Å². The number of benzene rings is 2. The van der Waals surface area contributed by atoms with Crippen LogP contribution < -0.4 is 5.32 Å². The molecule has 0 aliphatic rings. The van der Waals surface area contributed by atoms with Gasteiger partial charge in [0.05, 0.1) is 0 Å². The molecular weight excluding hydrogens is 261 g/mol. The third-order valence-corrected chi connectivity index (χ3v) is 3.58. The van der Waals surface area contributed by atoms with Crippen molar-refractivity contribution in [3.8, 4) is 0 Å². The van der Waals surface area contributed by atoms with Gasteiger partial charge < -0.3 is 5.32 Å². The summed E-state index contributed by atoms with van der Waals surface area (Å²) in [5.41, 5.74) is 3.02. The second kappa shape index (κ2) is 6.18. The van der Waals surface area contributed by atoms with Crippen LogP contribution in [0.5, 0.6) is 0 Å². The Morgan fingerprint density at radius 1 is 1.21 bits per heavy atom. The number of rotatable bonds is 4. The molecule has 0 saturated heterocycles. The summed E-state index contributed by atoms with van der Waals surface area (Å²) in [7, 11) is 1.89. The molecule has 1 atom stereocenters. The van der Waals surface area contributed by atoms with Crippen LogP contribution in [0.15, 0.2) is 42.5 Å². The van der Waals surface area contributed by atoms with Crippen molar-refractivity contribution in [3.63, 3.8) is 0 Å². The normalized spacial score (nSPS) is 12.4. The lowest BCUT2D eigenvalue weighted by Gasteiger charge is -2.19. The maximum absolute atomic E-state index is 13.8. The summed E-state index contributed by atoms with van der Waals surface area (Å²) in [5.74, 6) is -0.210. The van der Waals surface area contributed by atoms with E-state index in [0.29, 0.717) is 17.0 Å². The Hall–Kier alpha value is -1.38. The van der Waals surface area contributed by atoms with E-state index in [1.54, 1.807) is 12.1 Å². The Labute approximate surface area is 118 Å². The van der Waals surface area contributed by atoms with Gasteiger partial charge in [0, 0.05) is 11.1 Å². The Morgan fingerprint density at radius 3 is 2.63 bits per heavy atom. The molecule has 0 fully saturated rings. The maximum Gasteiger partial charge on any atom is 0.126 e. The van der Waals surface area contributed by atoms with Gasteiger partial charge in [-0.05, 0) is 55.3 Å². The van der Waals surface area contributed by atoms with Gasteiger partial charge in [0.1, 0.15) is 5.82 Å². The smallest absolute Gasteiger partial charge is 0.126 e. The molecule has 1 N–H and O–H groups in total. The number of aryl methyl sites for hydroxylation is 1. The average molecular weight is 278 g/mol. The molecular formula is C16H17ClFN. The van der Waals surface area contributed by atoms with E-state index in [1.807, 2.05) is 19.2 Å². The summed E-state index contributed by atoms with van der Waals surface area (Å²) in [5, 5.41) is 3.81. The number of halogens is 2. The van der Waals surface area contributed by atoms with Gasteiger partial charge >= 0.3 is 0 Å². The highest BCUT2D eigenvalue weighted by Gasteiger charge is 2.14. The molecule has 1 unspecified atom stereocenters. The van der Waals surface area contributed by atoms with Crippen molar-refractivity contribution in [1.82, 2.24) is 5.32 Å². The van der Waals surface area contributed by atoms with E-state index >= 15 is 0 Å². The monoisotopic (exact) mass is 277 g/mol. The second-order valence-corrected chi connectivity index (χ2v) is 5.07. The molecule has 19 heavy (non-hydrogen) atoms. The lowest BCUT2D eigenvalue weighted by molar-refractivity contribution is 0.553. The lowest BCUT2D eigenvalue weighted by Crippen LogP contribution is -2.20. The van der Waals surface area contributed by atoms with Crippen LogP contribution in [0.4, 0.5) is 4.39 Å². The minimum Gasteiger partial charge on any atom is -0.313 e. The molecule has 0 aromatic heterocycles. The van der Waals surface area contributed by atoms with E-state index < -0.39 is 0 Å². The van der Waals surface area contributed by atoms with Gasteiger partial charge in [-0.3, -0.25) is 0 Å². The molecule has 0 amide bonds. The third-order valence-electron chi connectivity index (χ3n) is 3.34. The molecule has 2 aromatic carbocycles. The summed E-state index contributed by atoms with van der Waals surface area (Å²) >= 11 is 5.93. The van der Waals surface area contributed by atoms with Crippen LogP contribution in [0, 0.1) is 12.7 Å². The molecule has 0 aliphatic carbocycles. The van der Waals surface area contributed by atoms with Crippen molar-refractivity contribution in [2.24, 2.45) is 0 Å². The molecule has 0 spiro atoms. The number of likely N-dealkylation sites (N-methyl/N-ethyl adjacent to an activating group) is 1. The lowest BCUT2D eigenvalue weighted by atomic mass is 9.95. The largest absolute Gasteiger partial charge is 0.313 e. The van der Waals surface area contributed by atoms with Crippen LogP contribution in [0.25, 0.3) is 0 Å². The zero-order valence-corrected chi connectivity index (χ0v) is 11.8. The first-order valence-corrected chi connectivity index (χ1v) is 6.66. The summed E-state index contributed by atoms with van der Waals surface area (Å²) < 4.78 is 13.8. The van der Waals surface area contributed by atoms with Gasteiger partial charge in [-0.1, -0.05) is 35.9 Å². The highest BCUT2D eigenvalue weighted by Crippen LogP contribution is 2.24. The van der Waals surface area contributed by atoms with E-state index in [4.69, 9.17) is 11.6 Å². The molecule has 2 rings (SSSR count). The van der Waals surface area contributed by atoms with E-state index in [0.717, 1.165) is 0 Å². The molecule has 0 saturated carbocycles. The van der Waals surface area contributed by atoms with Crippen LogP contribution >= 0.6 is 11.6 Å². The second-order valence-electron chi connectivity index (χ2n) is 4.64. The first-order chi connectivity index (χ1) is 9.11. The summed E-state index contributed by atoms with van der Waals surface area (Å²) in [6.07, 6.45) is 0.577. The van der Waals surface area contributed by atoms with Crippen LogP contribution in [-0.4, -0.2) is 7.05 Å². The minimum atomic E-state index is -0.210.